The number of carbonyl (C=O) groups is 1. The van der Waals surface area contributed by atoms with Gasteiger partial charge in [-0.15, -0.1) is 0 Å². The Morgan fingerprint density at radius 1 is 1.33 bits per heavy atom. The highest BCUT2D eigenvalue weighted by atomic mass is 16.1. The van der Waals surface area contributed by atoms with Crippen LogP contribution < -0.4 is 0 Å². The van der Waals surface area contributed by atoms with E-state index >= 15 is 0 Å². The number of rotatable bonds is 1. The SMILES string of the molecule is CC(=O)c1ccc2c(c1C)C(C)(C)CC2. The van der Waals surface area contributed by atoms with Crippen molar-refractivity contribution in [3.63, 3.8) is 0 Å². The molecule has 0 amide bonds. The zero-order chi connectivity index (χ0) is 11.2. The number of hydrogen-bond acceptors (Lipinski definition) is 1. The molecular weight excluding hydrogens is 184 g/mol. The van der Waals surface area contributed by atoms with E-state index in [1.165, 1.54) is 23.1 Å². The Kier molecular flexibility index (Phi) is 2.22. The lowest BCUT2D eigenvalue weighted by Gasteiger charge is -2.22. The average Bonchev–Trinajstić information content (AvgIpc) is 2.42. The third-order valence-corrected chi connectivity index (χ3v) is 3.63. The van der Waals surface area contributed by atoms with Crippen LogP contribution in [0.2, 0.25) is 0 Å². The molecule has 0 aliphatic heterocycles. The normalized spacial score (nSPS) is 17.6. The Labute approximate surface area is 91.5 Å². The van der Waals surface area contributed by atoms with E-state index in [1.807, 2.05) is 6.07 Å². The lowest BCUT2D eigenvalue weighted by molar-refractivity contribution is 0.101. The second-order valence-electron chi connectivity index (χ2n) is 5.21. The Balaban J connectivity index is 2.67. The van der Waals surface area contributed by atoms with Gasteiger partial charge in [0.1, 0.15) is 0 Å². The number of Topliss-reactive ketones (excluding diaryl/α,β-unsaturated/α-hetero) is 1. The van der Waals surface area contributed by atoms with Crippen LogP contribution in [0, 0.1) is 6.92 Å². The lowest BCUT2D eigenvalue weighted by Crippen LogP contribution is -2.15. The maximum absolute atomic E-state index is 11.5. The molecule has 0 saturated heterocycles. The summed E-state index contributed by atoms with van der Waals surface area (Å²) in [7, 11) is 0. The summed E-state index contributed by atoms with van der Waals surface area (Å²) in [5, 5.41) is 0. The lowest BCUT2D eigenvalue weighted by atomic mass is 9.82. The van der Waals surface area contributed by atoms with Crippen LogP contribution in [-0.4, -0.2) is 5.78 Å². The van der Waals surface area contributed by atoms with E-state index in [0.29, 0.717) is 0 Å². The first-order chi connectivity index (χ1) is 6.93. The fourth-order valence-electron chi connectivity index (χ4n) is 2.87. The molecular formula is C14H18O. The van der Waals surface area contributed by atoms with Gasteiger partial charge in [0.15, 0.2) is 5.78 Å². The summed E-state index contributed by atoms with van der Waals surface area (Å²) in [6.07, 6.45) is 2.35. The van der Waals surface area contributed by atoms with Gasteiger partial charge in [0.2, 0.25) is 0 Å². The van der Waals surface area contributed by atoms with Gasteiger partial charge in [0, 0.05) is 5.56 Å². The summed E-state index contributed by atoms with van der Waals surface area (Å²) in [5.74, 6) is 0.179. The van der Waals surface area contributed by atoms with Crippen molar-refractivity contribution in [1.29, 1.82) is 0 Å². The topological polar surface area (TPSA) is 17.1 Å². The van der Waals surface area contributed by atoms with Crippen molar-refractivity contribution in [2.24, 2.45) is 0 Å². The summed E-state index contributed by atoms with van der Waals surface area (Å²) in [5.41, 5.74) is 5.18. The molecule has 0 heterocycles. The second kappa shape index (κ2) is 3.19. The monoisotopic (exact) mass is 202 g/mol. The van der Waals surface area contributed by atoms with Crippen LogP contribution in [-0.2, 0) is 11.8 Å². The van der Waals surface area contributed by atoms with Crippen LogP contribution in [0.5, 0.6) is 0 Å². The molecule has 1 nitrogen and oxygen atoms in total. The highest BCUT2D eigenvalue weighted by molar-refractivity contribution is 5.96. The number of fused-ring (bicyclic) bond motifs is 1. The minimum atomic E-state index is 0.179. The van der Waals surface area contributed by atoms with Gasteiger partial charge in [-0.2, -0.15) is 0 Å². The summed E-state index contributed by atoms with van der Waals surface area (Å²) in [4.78, 5) is 11.5. The fourth-order valence-corrected chi connectivity index (χ4v) is 2.87. The third kappa shape index (κ3) is 1.50. The third-order valence-electron chi connectivity index (χ3n) is 3.63. The van der Waals surface area contributed by atoms with E-state index in [4.69, 9.17) is 0 Å². The quantitative estimate of drug-likeness (QED) is 0.638. The minimum absolute atomic E-state index is 0.179. The summed E-state index contributed by atoms with van der Waals surface area (Å²) in [6.45, 7) is 8.28. The summed E-state index contributed by atoms with van der Waals surface area (Å²) in [6, 6.07) is 4.12. The number of hydrogen-bond donors (Lipinski definition) is 0. The Morgan fingerprint density at radius 3 is 2.60 bits per heavy atom. The van der Waals surface area contributed by atoms with Gasteiger partial charge in [-0.1, -0.05) is 26.0 Å². The molecule has 80 valence electrons. The van der Waals surface area contributed by atoms with Crippen molar-refractivity contribution in [3.05, 3.63) is 34.4 Å². The van der Waals surface area contributed by atoms with Crippen LogP contribution >= 0.6 is 0 Å². The van der Waals surface area contributed by atoms with Crippen molar-refractivity contribution in [3.8, 4) is 0 Å². The average molecular weight is 202 g/mol. The van der Waals surface area contributed by atoms with Gasteiger partial charge in [-0.3, -0.25) is 4.79 Å². The number of benzene rings is 1. The first kappa shape index (κ1) is 10.4. The summed E-state index contributed by atoms with van der Waals surface area (Å²) >= 11 is 0. The standard InChI is InChI=1S/C14H18O/c1-9-12(10(2)15)6-5-11-7-8-14(3,4)13(9)11/h5-6H,7-8H2,1-4H3. The van der Waals surface area contributed by atoms with E-state index in [0.717, 1.165) is 12.0 Å². The van der Waals surface area contributed by atoms with Crippen molar-refractivity contribution in [2.75, 3.05) is 0 Å². The maximum Gasteiger partial charge on any atom is 0.160 e. The van der Waals surface area contributed by atoms with Crippen molar-refractivity contribution in [1.82, 2.24) is 0 Å². The van der Waals surface area contributed by atoms with Gasteiger partial charge < -0.3 is 0 Å². The highest BCUT2D eigenvalue weighted by Crippen LogP contribution is 2.41. The van der Waals surface area contributed by atoms with E-state index in [9.17, 15) is 4.79 Å². The summed E-state index contributed by atoms with van der Waals surface area (Å²) < 4.78 is 0. The molecule has 0 bridgehead atoms. The Morgan fingerprint density at radius 2 is 2.00 bits per heavy atom. The van der Waals surface area contributed by atoms with Crippen LogP contribution in [0.15, 0.2) is 12.1 Å². The predicted octanol–water partition coefficient (Wildman–Crippen LogP) is 3.42. The smallest absolute Gasteiger partial charge is 0.160 e. The zero-order valence-electron chi connectivity index (χ0n) is 9.98. The van der Waals surface area contributed by atoms with Crippen molar-refractivity contribution < 1.29 is 4.79 Å². The molecule has 0 aromatic heterocycles. The van der Waals surface area contributed by atoms with Gasteiger partial charge in [-0.25, -0.2) is 0 Å². The number of aryl methyl sites for hydroxylation is 1. The molecule has 0 atom stereocenters. The van der Waals surface area contributed by atoms with Gasteiger partial charge in [0.25, 0.3) is 0 Å². The largest absolute Gasteiger partial charge is 0.295 e. The Hall–Kier alpha value is -1.11. The van der Waals surface area contributed by atoms with Gasteiger partial charge >= 0.3 is 0 Å². The van der Waals surface area contributed by atoms with Crippen LogP contribution in [0.3, 0.4) is 0 Å². The van der Waals surface area contributed by atoms with Gasteiger partial charge in [0.05, 0.1) is 0 Å². The minimum Gasteiger partial charge on any atom is -0.295 e. The molecule has 0 radical (unpaired) electrons. The van der Waals surface area contributed by atoms with Gasteiger partial charge in [-0.05, 0) is 48.8 Å². The van der Waals surface area contributed by atoms with E-state index < -0.39 is 0 Å². The van der Waals surface area contributed by atoms with Crippen molar-refractivity contribution >= 4 is 5.78 Å². The number of carbonyl (C=O) groups excluding carboxylic acids is 1. The van der Waals surface area contributed by atoms with E-state index in [1.54, 1.807) is 6.92 Å². The molecule has 1 aromatic carbocycles. The zero-order valence-corrected chi connectivity index (χ0v) is 9.98. The molecule has 0 spiro atoms. The molecule has 0 fully saturated rings. The molecule has 2 rings (SSSR count). The van der Waals surface area contributed by atoms with E-state index in [2.05, 4.69) is 26.8 Å². The molecule has 1 aliphatic carbocycles. The predicted molar refractivity (Wildman–Crippen MR) is 62.5 cm³/mol. The second-order valence-corrected chi connectivity index (χ2v) is 5.21. The molecule has 15 heavy (non-hydrogen) atoms. The Bertz CT molecular complexity index is 427. The van der Waals surface area contributed by atoms with E-state index in [-0.39, 0.29) is 11.2 Å². The first-order valence-electron chi connectivity index (χ1n) is 5.57. The molecule has 0 N–H and O–H groups in total. The molecule has 1 heteroatoms. The molecule has 1 aromatic rings. The first-order valence-corrected chi connectivity index (χ1v) is 5.57. The highest BCUT2D eigenvalue weighted by Gasteiger charge is 2.32. The van der Waals surface area contributed by atoms with Crippen LogP contribution in [0.4, 0.5) is 0 Å². The van der Waals surface area contributed by atoms with Crippen LogP contribution in [0.1, 0.15) is 54.2 Å². The fraction of sp³-hybridized carbons (Fsp3) is 0.500. The molecule has 1 aliphatic rings. The molecule has 0 unspecified atom stereocenters. The molecule has 0 saturated carbocycles. The van der Waals surface area contributed by atoms with Crippen LogP contribution in [0.25, 0.3) is 0 Å². The maximum atomic E-state index is 11.5. The van der Waals surface area contributed by atoms with Crippen molar-refractivity contribution in [2.45, 2.75) is 46.0 Å². The number of ketones is 1.